The zero-order valence-corrected chi connectivity index (χ0v) is 17.8. The van der Waals surface area contributed by atoms with E-state index in [9.17, 15) is 4.79 Å². The first-order chi connectivity index (χ1) is 13.2. The molecule has 1 aromatic carbocycles. The van der Waals surface area contributed by atoms with Gasteiger partial charge in [0.15, 0.2) is 0 Å². The molecule has 1 aliphatic rings. The maximum absolute atomic E-state index is 12.7. The van der Waals surface area contributed by atoms with Gasteiger partial charge in [0.1, 0.15) is 5.71 Å². The summed E-state index contributed by atoms with van der Waals surface area (Å²) in [6.07, 6.45) is 3.83. The van der Waals surface area contributed by atoms with Crippen molar-refractivity contribution in [3.63, 3.8) is 0 Å². The number of halogens is 1. The molecular weight excluding hydrogens is 372 g/mol. The highest BCUT2D eigenvalue weighted by molar-refractivity contribution is 6.43. The van der Waals surface area contributed by atoms with Crippen LogP contribution >= 0.6 is 11.6 Å². The van der Waals surface area contributed by atoms with E-state index in [4.69, 9.17) is 22.3 Å². The monoisotopic (exact) mass is 400 g/mol. The Kier molecular flexibility index (Phi) is 7.58. The SMILES string of the molecule is C=C(N=C(C(C)C)C(C)NC(=O)C(C=C(N)C1CC1)=NC)c1cccc(Cl)c1. The van der Waals surface area contributed by atoms with Crippen molar-refractivity contribution in [2.45, 2.75) is 39.7 Å². The molecule has 1 fully saturated rings. The van der Waals surface area contributed by atoms with Crippen molar-refractivity contribution in [3.8, 4) is 0 Å². The van der Waals surface area contributed by atoms with Crippen LogP contribution in [0.15, 0.2) is 52.6 Å². The minimum atomic E-state index is -0.282. The highest BCUT2D eigenvalue weighted by Crippen LogP contribution is 2.33. The van der Waals surface area contributed by atoms with E-state index in [0.29, 0.717) is 22.3 Å². The predicted molar refractivity (Wildman–Crippen MR) is 119 cm³/mol. The molecule has 1 amide bonds. The average molecular weight is 401 g/mol. The van der Waals surface area contributed by atoms with Gasteiger partial charge < -0.3 is 11.1 Å². The lowest BCUT2D eigenvalue weighted by Gasteiger charge is -2.20. The summed E-state index contributed by atoms with van der Waals surface area (Å²) in [4.78, 5) is 21.4. The number of nitrogens with zero attached hydrogens (tertiary/aromatic N) is 2. The fraction of sp³-hybridized carbons (Fsp3) is 0.409. The van der Waals surface area contributed by atoms with Crippen LogP contribution in [0.5, 0.6) is 0 Å². The highest BCUT2D eigenvalue weighted by atomic mass is 35.5. The second-order valence-electron chi connectivity index (χ2n) is 7.37. The van der Waals surface area contributed by atoms with E-state index in [0.717, 1.165) is 29.8 Å². The van der Waals surface area contributed by atoms with E-state index in [1.165, 1.54) is 0 Å². The van der Waals surface area contributed by atoms with E-state index in [2.05, 4.69) is 16.9 Å². The fourth-order valence-electron chi connectivity index (χ4n) is 2.88. The number of aliphatic imine (C=N–C) groups is 2. The van der Waals surface area contributed by atoms with Crippen LogP contribution in [0, 0.1) is 11.8 Å². The van der Waals surface area contributed by atoms with Gasteiger partial charge in [-0.15, -0.1) is 0 Å². The van der Waals surface area contributed by atoms with Gasteiger partial charge in [0.25, 0.3) is 5.91 Å². The number of carbonyl (C=O) groups is 1. The standard InChI is InChI=1S/C22H29ClN4O/c1-13(2)21(26-14(3)17-7-6-8-18(23)11-17)15(4)27-22(28)20(25-5)12-19(24)16-9-10-16/h6-8,11-13,15-16H,3,9-10,24H2,1-2,4-5H3,(H,27,28). The van der Waals surface area contributed by atoms with Gasteiger partial charge in [-0.25, -0.2) is 0 Å². The molecule has 0 aliphatic heterocycles. The van der Waals surface area contributed by atoms with Gasteiger partial charge in [0.2, 0.25) is 0 Å². The van der Waals surface area contributed by atoms with Crippen LogP contribution in [0.25, 0.3) is 5.70 Å². The van der Waals surface area contributed by atoms with Crippen LogP contribution in [-0.2, 0) is 4.79 Å². The lowest BCUT2D eigenvalue weighted by atomic mass is 10.0. The minimum Gasteiger partial charge on any atom is -0.402 e. The smallest absolute Gasteiger partial charge is 0.269 e. The summed E-state index contributed by atoms with van der Waals surface area (Å²) in [6.45, 7) is 10.0. The number of rotatable bonds is 8. The molecule has 28 heavy (non-hydrogen) atoms. The van der Waals surface area contributed by atoms with Gasteiger partial charge in [-0.2, -0.15) is 0 Å². The number of nitrogens with two attached hydrogens (primary N) is 1. The zero-order valence-electron chi connectivity index (χ0n) is 17.0. The average Bonchev–Trinajstić information content (AvgIpc) is 3.48. The molecular formula is C22H29ClN4O. The number of hydrogen-bond donors (Lipinski definition) is 2. The molecule has 150 valence electrons. The fourth-order valence-corrected chi connectivity index (χ4v) is 3.07. The Morgan fingerprint density at radius 1 is 1.36 bits per heavy atom. The molecule has 0 aromatic heterocycles. The minimum absolute atomic E-state index is 0.125. The van der Waals surface area contributed by atoms with E-state index in [-0.39, 0.29) is 17.9 Å². The molecule has 1 saturated carbocycles. The number of nitrogens with one attached hydrogen (secondary N) is 1. The Hall–Kier alpha value is -2.40. The summed E-state index contributed by atoms with van der Waals surface area (Å²) >= 11 is 6.06. The van der Waals surface area contributed by atoms with Crippen LogP contribution in [0.1, 0.15) is 39.2 Å². The quantitative estimate of drug-likeness (QED) is 0.640. The Bertz CT molecular complexity index is 835. The zero-order chi connectivity index (χ0) is 20.8. The molecule has 6 heteroatoms. The summed E-state index contributed by atoms with van der Waals surface area (Å²) < 4.78 is 0. The van der Waals surface area contributed by atoms with Crippen molar-refractivity contribution in [2.75, 3.05) is 7.05 Å². The lowest BCUT2D eigenvalue weighted by molar-refractivity contribution is -0.114. The predicted octanol–water partition coefficient (Wildman–Crippen LogP) is 4.24. The second-order valence-corrected chi connectivity index (χ2v) is 7.81. The maximum atomic E-state index is 12.7. The molecule has 0 heterocycles. The molecule has 0 radical (unpaired) electrons. The van der Waals surface area contributed by atoms with Crippen molar-refractivity contribution >= 4 is 34.6 Å². The molecule has 5 nitrogen and oxygen atoms in total. The maximum Gasteiger partial charge on any atom is 0.269 e. The molecule has 0 saturated heterocycles. The normalized spacial score (nSPS) is 16.9. The Morgan fingerprint density at radius 3 is 2.57 bits per heavy atom. The number of hydrogen-bond acceptors (Lipinski definition) is 4. The number of amides is 1. The van der Waals surface area contributed by atoms with Crippen LogP contribution in [0.4, 0.5) is 0 Å². The first-order valence-electron chi connectivity index (χ1n) is 9.51. The Labute approximate surface area is 172 Å². The number of benzene rings is 1. The third-order valence-corrected chi connectivity index (χ3v) is 4.87. The Balaban J connectivity index is 2.15. The van der Waals surface area contributed by atoms with Crippen LogP contribution in [-0.4, -0.2) is 30.4 Å². The second kappa shape index (κ2) is 9.69. The van der Waals surface area contributed by atoms with Crippen molar-refractivity contribution < 1.29 is 4.79 Å². The third kappa shape index (κ3) is 6.06. The lowest BCUT2D eigenvalue weighted by Crippen LogP contribution is -2.43. The third-order valence-electron chi connectivity index (χ3n) is 4.63. The van der Waals surface area contributed by atoms with Crippen molar-refractivity contribution in [1.29, 1.82) is 0 Å². The first-order valence-corrected chi connectivity index (χ1v) is 9.88. The van der Waals surface area contributed by atoms with Crippen LogP contribution < -0.4 is 11.1 Å². The summed E-state index contributed by atoms with van der Waals surface area (Å²) in [7, 11) is 1.59. The van der Waals surface area contributed by atoms with E-state index in [1.807, 2.05) is 39.0 Å². The van der Waals surface area contributed by atoms with E-state index in [1.54, 1.807) is 19.2 Å². The van der Waals surface area contributed by atoms with Gasteiger partial charge in [0.05, 0.1) is 11.7 Å². The van der Waals surface area contributed by atoms with Gasteiger partial charge in [-0.1, -0.05) is 44.2 Å². The van der Waals surface area contributed by atoms with E-state index >= 15 is 0 Å². The van der Waals surface area contributed by atoms with Gasteiger partial charge in [-0.05, 0) is 49.8 Å². The molecule has 0 bridgehead atoms. The van der Waals surface area contributed by atoms with Gasteiger partial charge in [0, 0.05) is 29.0 Å². The summed E-state index contributed by atoms with van der Waals surface area (Å²) in [5.41, 5.74) is 9.35. The van der Waals surface area contributed by atoms with Crippen LogP contribution in [0.3, 0.4) is 0 Å². The molecule has 2 rings (SSSR count). The highest BCUT2D eigenvalue weighted by Gasteiger charge is 2.25. The van der Waals surface area contributed by atoms with Crippen LogP contribution in [0.2, 0.25) is 5.02 Å². The van der Waals surface area contributed by atoms with Crippen molar-refractivity contribution in [2.24, 2.45) is 27.6 Å². The largest absolute Gasteiger partial charge is 0.402 e. The Morgan fingerprint density at radius 2 is 2.04 bits per heavy atom. The summed E-state index contributed by atoms with van der Waals surface area (Å²) in [6, 6.07) is 7.12. The molecule has 1 atom stereocenters. The van der Waals surface area contributed by atoms with Crippen molar-refractivity contribution in [1.82, 2.24) is 5.32 Å². The molecule has 1 aliphatic carbocycles. The van der Waals surface area contributed by atoms with Gasteiger partial charge >= 0.3 is 0 Å². The molecule has 3 N–H and O–H groups in total. The summed E-state index contributed by atoms with van der Waals surface area (Å²) in [5, 5.41) is 3.61. The number of allylic oxidation sites excluding steroid dienone is 1. The molecule has 1 aromatic rings. The number of carbonyl (C=O) groups excluding carboxylic acids is 1. The molecule has 0 spiro atoms. The van der Waals surface area contributed by atoms with Crippen molar-refractivity contribution in [3.05, 3.63) is 53.2 Å². The topological polar surface area (TPSA) is 79.8 Å². The van der Waals surface area contributed by atoms with Gasteiger partial charge in [-0.3, -0.25) is 14.8 Å². The first kappa shape index (κ1) is 21.9. The summed E-state index contributed by atoms with van der Waals surface area (Å²) in [5.74, 6) is 0.247. The van der Waals surface area contributed by atoms with E-state index < -0.39 is 0 Å². The molecule has 1 unspecified atom stereocenters.